The summed E-state index contributed by atoms with van der Waals surface area (Å²) in [5.74, 6) is -0.447. The fraction of sp³-hybridized carbons (Fsp3) is 0. The van der Waals surface area contributed by atoms with Crippen LogP contribution in [-0.4, -0.2) is 17.0 Å². The molecule has 0 radical (unpaired) electrons. The van der Waals surface area contributed by atoms with Crippen molar-refractivity contribution in [2.45, 2.75) is 0 Å². The van der Waals surface area contributed by atoms with Crippen LogP contribution in [0.1, 0.15) is 15.9 Å². The molecule has 2 rings (SSSR count). The zero-order chi connectivity index (χ0) is 16.1. The molecule has 0 aliphatic heterocycles. The largest absolute Gasteiger partial charge is 0.271 e. The highest BCUT2D eigenvalue weighted by atomic mass is 35.5. The van der Waals surface area contributed by atoms with E-state index in [2.05, 4.69) is 10.5 Å². The Labute approximate surface area is 135 Å². The van der Waals surface area contributed by atoms with Crippen molar-refractivity contribution >= 4 is 41.0 Å². The van der Waals surface area contributed by atoms with E-state index in [0.29, 0.717) is 16.1 Å². The summed E-state index contributed by atoms with van der Waals surface area (Å²) in [6.45, 7) is 0. The monoisotopic (exact) mass is 337 g/mol. The Balaban J connectivity index is 2.00. The van der Waals surface area contributed by atoms with Gasteiger partial charge in [0.15, 0.2) is 0 Å². The topological polar surface area (TPSA) is 84.6 Å². The Kier molecular flexibility index (Phi) is 5.08. The van der Waals surface area contributed by atoms with Crippen LogP contribution >= 0.6 is 23.2 Å². The molecular weight excluding hydrogens is 329 g/mol. The number of nitrogens with zero attached hydrogens (tertiary/aromatic N) is 2. The van der Waals surface area contributed by atoms with Crippen LogP contribution in [0.25, 0.3) is 0 Å². The number of hydrogen-bond donors (Lipinski definition) is 1. The highest BCUT2D eigenvalue weighted by Gasteiger charge is 2.07. The first kappa shape index (κ1) is 15.9. The maximum atomic E-state index is 11.8. The van der Waals surface area contributed by atoms with Gasteiger partial charge >= 0.3 is 0 Å². The summed E-state index contributed by atoms with van der Waals surface area (Å²) in [6, 6.07) is 10.2. The molecule has 2 aromatic carbocycles. The van der Waals surface area contributed by atoms with E-state index in [4.69, 9.17) is 23.2 Å². The van der Waals surface area contributed by atoms with Crippen LogP contribution in [0.3, 0.4) is 0 Å². The summed E-state index contributed by atoms with van der Waals surface area (Å²) in [5, 5.41) is 14.9. The number of nitro groups is 1. The molecule has 0 aromatic heterocycles. The van der Waals surface area contributed by atoms with E-state index in [1.54, 1.807) is 0 Å². The Morgan fingerprint density at radius 2 is 1.82 bits per heavy atom. The van der Waals surface area contributed by atoms with Crippen molar-refractivity contribution in [2.24, 2.45) is 5.10 Å². The van der Waals surface area contributed by atoms with Gasteiger partial charge in [0.25, 0.3) is 11.6 Å². The van der Waals surface area contributed by atoms with Crippen molar-refractivity contribution in [3.63, 3.8) is 0 Å². The van der Waals surface area contributed by atoms with Crippen molar-refractivity contribution in [3.8, 4) is 0 Å². The van der Waals surface area contributed by atoms with Crippen LogP contribution in [0.15, 0.2) is 47.6 Å². The lowest BCUT2D eigenvalue weighted by atomic mass is 10.2. The third-order valence-corrected chi connectivity index (χ3v) is 3.40. The van der Waals surface area contributed by atoms with Gasteiger partial charge in [-0.05, 0) is 35.9 Å². The Hall–Kier alpha value is -2.44. The number of amides is 1. The highest BCUT2D eigenvalue weighted by Crippen LogP contribution is 2.22. The van der Waals surface area contributed by atoms with E-state index >= 15 is 0 Å². The minimum absolute atomic E-state index is 0.0167. The Morgan fingerprint density at radius 1 is 1.14 bits per heavy atom. The standard InChI is InChI=1S/C14H9Cl2N3O3/c15-12-6-3-10(7-13(12)16)14(20)18-17-8-9-1-4-11(5-2-9)19(21)22/h1-8H,(H,18,20)/b17-8+. The maximum absolute atomic E-state index is 11.8. The third kappa shape index (κ3) is 4.03. The number of carbonyl (C=O) groups excluding carboxylic acids is 1. The van der Waals surface area contributed by atoms with Gasteiger partial charge in [-0.3, -0.25) is 14.9 Å². The molecule has 0 saturated carbocycles. The summed E-state index contributed by atoms with van der Waals surface area (Å²) < 4.78 is 0. The van der Waals surface area contributed by atoms with Gasteiger partial charge in [-0.25, -0.2) is 5.43 Å². The van der Waals surface area contributed by atoms with Crippen LogP contribution < -0.4 is 5.43 Å². The molecule has 0 atom stereocenters. The molecule has 112 valence electrons. The van der Waals surface area contributed by atoms with E-state index in [-0.39, 0.29) is 10.7 Å². The van der Waals surface area contributed by atoms with E-state index in [1.165, 1.54) is 48.7 Å². The maximum Gasteiger partial charge on any atom is 0.271 e. The zero-order valence-corrected chi connectivity index (χ0v) is 12.5. The molecule has 0 spiro atoms. The summed E-state index contributed by atoms with van der Waals surface area (Å²) in [5.41, 5.74) is 3.24. The lowest BCUT2D eigenvalue weighted by Crippen LogP contribution is -2.17. The molecule has 0 aliphatic rings. The summed E-state index contributed by atoms with van der Waals surface area (Å²) in [7, 11) is 0. The van der Waals surface area contributed by atoms with E-state index in [9.17, 15) is 14.9 Å². The summed E-state index contributed by atoms with van der Waals surface area (Å²) in [6.07, 6.45) is 1.37. The first-order valence-electron chi connectivity index (χ1n) is 6.00. The van der Waals surface area contributed by atoms with Gasteiger partial charge in [0.2, 0.25) is 0 Å². The second-order valence-electron chi connectivity index (χ2n) is 4.18. The fourth-order valence-electron chi connectivity index (χ4n) is 1.55. The highest BCUT2D eigenvalue weighted by molar-refractivity contribution is 6.42. The molecule has 22 heavy (non-hydrogen) atoms. The predicted octanol–water partition coefficient (Wildman–Crippen LogP) is 3.67. The normalized spacial score (nSPS) is 10.6. The molecule has 1 amide bonds. The van der Waals surface area contributed by atoms with E-state index in [1.807, 2.05) is 0 Å². The van der Waals surface area contributed by atoms with Gasteiger partial charge in [-0.15, -0.1) is 0 Å². The number of halogens is 2. The number of nitro benzene ring substituents is 1. The number of rotatable bonds is 4. The number of hydrazone groups is 1. The van der Waals surface area contributed by atoms with Crippen LogP contribution in [0.4, 0.5) is 5.69 Å². The fourth-order valence-corrected chi connectivity index (χ4v) is 1.85. The molecule has 0 saturated heterocycles. The lowest BCUT2D eigenvalue weighted by molar-refractivity contribution is -0.384. The smallest absolute Gasteiger partial charge is 0.267 e. The zero-order valence-electron chi connectivity index (χ0n) is 11.0. The molecule has 1 N–H and O–H groups in total. The van der Waals surface area contributed by atoms with Crippen molar-refractivity contribution in [3.05, 3.63) is 73.8 Å². The molecule has 8 heteroatoms. The SMILES string of the molecule is O=C(N/N=C/c1ccc([N+](=O)[O-])cc1)c1ccc(Cl)c(Cl)c1. The van der Waals surface area contributed by atoms with Crippen molar-refractivity contribution < 1.29 is 9.72 Å². The lowest BCUT2D eigenvalue weighted by Gasteiger charge is -2.01. The minimum Gasteiger partial charge on any atom is -0.267 e. The van der Waals surface area contributed by atoms with Crippen LogP contribution in [-0.2, 0) is 0 Å². The molecule has 0 bridgehead atoms. The number of carbonyl (C=O) groups is 1. The van der Waals surface area contributed by atoms with Crippen LogP contribution in [0, 0.1) is 10.1 Å². The minimum atomic E-state index is -0.493. The van der Waals surface area contributed by atoms with Gasteiger partial charge in [0.05, 0.1) is 21.2 Å². The predicted molar refractivity (Wildman–Crippen MR) is 84.6 cm³/mol. The average molecular weight is 338 g/mol. The van der Waals surface area contributed by atoms with Gasteiger partial charge in [0.1, 0.15) is 0 Å². The molecule has 2 aromatic rings. The molecule has 0 heterocycles. The second kappa shape index (κ2) is 7.02. The van der Waals surface area contributed by atoms with Crippen molar-refractivity contribution in [1.82, 2.24) is 5.43 Å². The molecule has 0 unspecified atom stereocenters. The third-order valence-electron chi connectivity index (χ3n) is 2.67. The first-order valence-corrected chi connectivity index (χ1v) is 6.76. The molecule has 6 nitrogen and oxygen atoms in total. The van der Waals surface area contributed by atoms with Crippen molar-refractivity contribution in [1.29, 1.82) is 0 Å². The molecule has 0 fully saturated rings. The van der Waals surface area contributed by atoms with Crippen LogP contribution in [0.2, 0.25) is 10.0 Å². The van der Waals surface area contributed by atoms with E-state index < -0.39 is 10.8 Å². The average Bonchev–Trinajstić information content (AvgIpc) is 2.50. The summed E-state index contributed by atoms with van der Waals surface area (Å²) >= 11 is 11.6. The second-order valence-corrected chi connectivity index (χ2v) is 4.99. The number of hydrogen-bond acceptors (Lipinski definition) is 4. The van der Waals surface area contributed by atoms with Crippen LogP contribution in [0.5, 0.6) is 0 Å². The quantitative estimate of drug-likeness (QED) is 0.524. The number of nitrogens with one attached hydrogen (secondary N) is 1. The Bertz CT molecular complexity index is 745. The number of non-ortho nitro benzene ring substituents is 1. The van der Waals surface area contributed by atoms with E-state index in [0.717, 1.165) is 0 Å². The number of benzene rings is 2. The van der Waals surface area contributed by atoms with Crippen molar-refractivity contribution in [2.75, 3.05) is 0 Å². The molecule has 0 aliphatic carbocycles. The molecular formula is C14H9Cl2N3O3. The first-order chi connectivity index (χ1) is 10.5. The van der Waals surface area contributed by atoms with Gasteiger partial charge in [0, 0.05) is 17.7 Å². The van der Waals surface area contributed by atoms with Gasteiger partial charge < -0.3 is 0 Å². The summed E-state index contributed by atoms with van der Waals surface area (Å²) in [4.78, 5) is 21.9. The Morgan fingerprint density at radius 3 is 2.41 bits per heavy atom. The van der Waals surface area contributed by atoms with Gasteiger partial charge in [-0.1, -0.05) is 23.2 Å². The van der Waals surface area contributed by atoms with Gasteiger partial charge in [-0.2, -0.15) is 5.10 Å².